The second-order valence-corrected chi connectivity index (χ2v) is 16.6. The van der Waals surface area contributed by atoms with Crippen LogP contribution in [0.3, 0.4) is 0 Å². The minimum atomic E-state index is 0.0484. The van der Waals surface area contributed by atoms with Crippen LogP contribution < -0.4 is 0 Å². The predicted octanol–water partition coefficient (Wildman–Crippen LogP) is 9.63. The van der Waals surface area contributed by atoms with Crippen molar-refractivity contribution in [2.45, 2.75) is 129 Å². The van der Waals surface area contributed by atoms with Crippen LogP contribution in [0.25, 0.3) is 16.5 Å². The molecule has 2 aromatic carbocycles. The Hall–Kier alpha value is -0.279. The van der Waals surface area contributed by atoms with E-state index in [9.17, 15) is 0 Å². The maximum atomic E-state index is 7.80. The summed E-state index contributed by atoms with van der Waals surface area (Å²) in [5.74, 6) is 0. The Balaban J connectivity index is 0.000000183. The molecule has 0 aromatic heterocycles. The fraction of sp³-hybridized carbons (Fsp3) is 0.690. The molecule has 4 rings (SSSR count). The number of hydrogen-bond donors (Lipinski definition) is 0. The largest absolute Gasteiger partial charge is 0.675 e. The Bertz CT molecular complexity index is 754. The van der Waals surface area contributed by atoms with Crippen LogP contribution in [0.1, 0.15) is 108 Å². The van der Waals surface area contributed by atoms with Crippen LogP contribution in [0.2, 0.25) is 12.1 Å². The first kappa shape index (κ1) is 28.0. The van der Waals surface area contributed by atoms with Gasteiger partial charge in [0.1, 0.15) is 0 Å². The van der Waals surface area contributed by atoms with Gasteiger partial charge in [0.2, 0.25) is 0 Å². The van der Waals surface area contributed by atoms with E-state index >= 15 is 0 Å². The first-order chi connectivity index (χ1) is 15.4. The SMILES string of the molecule is CC(C)[Si](C)=[Ti+2].Cc1cc2cc3c(cc2[cH-]1)CCC3.[NH-]C1CCCCCCCCCCC1. The van der Waals surface area contributed by atoms with Gasteiger partial charge in [-0.2, -0.15) is 6.07 Å². The molecule has 2 aliphatic rings. The molecular formula is C29H47NSiTi. The molecule has 32 heavy (non-hydrogen) atoms. The van der Waals surface area contributed by atoms with E-state index in [1.165, 1.54) is 93.4 Å². The number of nitrogens with one attached hydrogen (secondary N) is 1. The van der Waals surface area contributed by atoms with Crippen molar-refractivity contribution in [3.8, 4) is 0 Å². The van der Waals surface area contributed by atoms with E-state index in [-0.39, 0.29) is 12.2 Å². The van der Waals surface area contributed by atoms with Crippen molar-refractivity contribution < 1.29 is 19.2 Å². The normalized spacial score (nSPS) is 18.0. The van der Waals surface area contributed by atoms with Crippen LogP contribution in [0.4, 0.5) is 0 Å². The van der Waals surface area contributed by atoms with Gasteiger partial charge >= 0.3 is 51.3 Å². The summed E-state index contributed by atoms with van der Waals surface area (Å²) in [4.78, 5) is 0. The molecule has 0 radical (unpaired) electrons. The van der Waals surface area contributed by atoms with Crippen LogP contribution in [0.5, 0.6) is 0 Å². The van der Waals surface area contributed by atoms with Crippen LogP contribution in [-0.2, 0) is 32.0 Å². The van der Waals surface area contributed by atoms with Crippen LogP contribution >= 0.6 is 0 Å². The molecular weight excluding hydrogens is 438 g/mol. The van der Waals surface area contributed by atoms with Gasteiger partial charge in [-0.3, -0.25) is 0 Å². The van der Waals surface area contributed by atoms with E-state index in [4.69, 9.17) is 5.73 Å². The van der Waals surface area contributed by atoms with E-state index < -0.39 is 0 Å². The molecule has 2 aliphatic carbocycles. The van der Waals surface area contributed by atoms with E-state index in [2.05, 4.69) is 70.8 Å². The Labute approximate surface area is 210 Å². The molecule has 1 nitrogen and oxygen atoms in total. The van der Waals surface area contributed by atoms with E-state index in [1.807, 2.05) is 0 Å². The molecule has 1 saturated carbocycles. The van der Waals surface area contributed by atoms with Crippen molar-refractivity contribution in [1.29, 1.82) is 0 Å². The second kappa shape index (κ2) is 15.6. The van der Waals surface area contributed by atoms with E-state index in [1.54, 1.807) is 11.1 Å². The van der Waals surface area contributed by atoms with Gasteiger partial charge in [-0.15, -0.1) is 40.6 Å². The summed E-state index contributed by atoms with van der Waals surface area (Å²) in [6.45, 7) is 9.09. The molecule has 0 amide bonds. The fourth-order valence-electron chi connectivity index (χ4n) is 4.61. The molecule has 0 spiro atoms. The van der Waals surface area contributed by atoms with Crippen molar-refractivity contribution in [3.05, 3.63) is 46.7 Å². The number of benzene rings is 1. The van der Waals surface area contributed by atoms with Crippen molar-refractivity contribution in [3.63, 3.8) is 0 Å². The second-order valence-electron chi connectivity index (χ2n) is 10.4. The van der Waals surface area contributed by atoms with Crippen LogP contribution in [0.15, 0.2) is 24.3 Å². The van der Waals surface area contributed by atoms with Gasteiger partial charge in [0.05, 0.1) is 0 Å². The molecule has 0 bridgehead atoms. The molecule has 0 atom stereocenters. The quantitative estimate of drug-likeness (QED) is 0.284. The topological polar surface area (TPSA) is 23.8 Å². The van der Waals surface area contributed by atoms with Gasteiger partial charge in [0.25, 0.3) is 0 Å². The molecule has 1 N–H and O–H groups in total. The van der Waals surface area contributed by atoms with Gasteiger partial charge in [-0.05, 0) is 19.3 Å². The molecule has 0 heterocycles. The summed E-state index contributed by atoms with van der Waals surface area (Å²) in [5.41, 5.74) is 13.3. The number of aryl methyl sites for hydroxylation is 3. The predicted molar refractivity (Wildman–Crippen MR) is 142 cm³/mol. The summed E-state index contributed by atoms with van der Waals surface area (Å²) < 4.78 is 0. The number of hydrogen-bond acceptors (Lipinski definition) is 0. The molecule has 0 aliphatic heterocycles. The van der Waals surface area contributed by atoms with Crippen LogP contribution in [-0.4, -0.2) is 12.2 Å². The summed E-state index contributed by atoms with van der Waals surface area (Å²) in [6.07, 6.45) is 18.8. The first-order valence-electron chi connectivity index (χ1n) is 13.3. The first-order valence-corrected chi connectivity index (χ1v) is 17.7. The van der Waals surface area contributed by atoms with Crippen molar-refractivity contribution in [2.24, 2.45) is 0 Å². The average molecular weight is 486 g/mol. The van der Waals surface area contributed by atoms with E-state index in [0.717, 1.165) is 18.4 Å². The maximum Gasteiger partial charge on any atom is -0.0289 e. The molecule has 3 heteroatoms. The zero-order chi connectivity index (χ0) is 23.3. The molecule has 176 valence electrons. The number of rotatable bonds is 1. The van der Waals surface area contributed by atoms with Gasteiger partial charge in [-0.1, -0.05) is 88.7 Å². The monoisotopic (exact) mass is 485 g/mol. The van der Waals surface area contributed by atoms with Crippen molar-refractivity contribution >= 4 is 17.0 Å². The fourth-order valence-corrected chi connectivity index (χ4v) is 4.61. The van der Waals surface area contributed by atoms with E-state index in [0.29, 0.717) is 0 Å². The Morgan fingerprint density at radius 3 is 1.81 bits per heavy atom. The molecule has 0 unspecified atom stereocenters. The Morgan fingerprint density at radius 2 is 1.31 bits per heavy atom. The number of fused-ring (bicyclic) bond motifs is 2. The Kier molecular flexibility index (Phi) is 13.6. The van der Waals surface area contributed by atoms with Crippen LogP contribution in [0, 0.1) is 6.92 Å². The van der Waals surface area contributed by atoms with Gasteiger partial charge in [0.15, 0.2) is 0 Å². The summed E-state index contributed by atoms with van der Waals surface area (Å²) in [5, 5.41) is 2.86. The zero-order valence-corrected chi connectivity index (χ0v) is 23.9. The maximum absolute atomic E-state index is 7.80. The van der Waals surface area contributed by atoms with Gasteiger partial charge in [-0.25, -0.2) is 0 Å². The zero-order valence-electron chi connectivity index (χ0n) is 21.4. The average Bonchev–Trinajstić information content (AvgIpc) is 3.33. The minimum absolute atomic E-state index is 0.0484. The smallest absolute Gasteiger partial charge is 0.0289 e. The van der Waals surface area contributed by atoms with Gasteiger partial charge < -0.3 is 5.73 Å². The molecule has 0 saturated heterocycles. The third kappa shape index (κ3) is 10.8. The third-order valence-electron chi connectivity index (χ3n) is 7.04. The minimum Gasteiger partial charge on any atom is -0.675 e. The van der Waals surface area contributed by atoms with Crippen molar-refractivity contribution in [2.75, 3.05) is 0 Å². The summed E-state index contributed by atoms with van der Waals surface area (Å²) in [6, 6.07) is 9.58. The Morgan fingerprint density at radius 1 is 0.844 bits per heavy atom. The summed E-state index contributed by atoms with van der Waals surface area (Å²) in [7, 11) is 0. The molecule has 1 fully saturated rings. The van der Waals surface area contributed by atoms with Crippen molar-refractivity contribution in [1.82, 2.24) is 0 Å². The standard InChI is InChI=1S/C13H13.C12H24N.C4H10Si.Ti/c1-9-5-12-7-10-3-2-4-11(10)8-13(12)6-9;13-12-10-8-6-4-2-1-3-5-7-9-11-12;1-4(2)5-3;/h5-8H,2-4H2,1H3;12-13H,1-11H2;4H,1-3H3;/q2*-1;;+2. The molecule has 2 aromatic rings. The van der Waals surface area contributed by atoms with Gasteiger partial charge in [0, 0.05) is 0 Å². The summed E-state index contributed by atoms with van der Waals surface area (Å²) >= 11 is 2.34. The third-order valence-corrected chi connectivity index (χ3v) is 11.5.